The zero-order valence-electron chi connectivity index (χ0n) is 9.67. The van der Waals surface area contributed by atoms with E-state index >= 15 is 0 Å². The Morgan fingerprint density at radius 1 is 1.50 bits per heavy atom. The van der Waals surface area contributed by atoms with Crippen LogP contribution in [0, 0.1) is 26.2 Å². The van der Waals surface area contributed by atoms with Crippen LogP contribution in [-0.4, -0.2) is 17.4 Å². The van der Waals surface area contributed by atoms with Crippen LogP contribution in [0.5, 0.6) is 0 Å². The van der Waals surface area contributed by atoms with Gasteiger partial charge >= 0.3 is 0 Å². The molecular formula is C12H16N2O2. The van der Waals surface area contributed by atoms with Crippen LogP contribution in [0.2, 0.25) is 0 Å². The van der Waals surface area contributed by atoms with Gasteiger partial charge in [0.15, 0.2) is 5.89 Å². The molecule has 1 rings (SSSR count). The number of terminal acetylenes is 1. The van der Waals surface area contributed by atoms with Crippen LogP contribution in [0.4, 0.5) is 0 Å². The molecule has 1 heterocycles. The van der Waals surface area contributed by atoms with E-state index in [0.29, 0.717) is 23.9 Å². The number of aryl methyl sites for hydroxylation is 2. The van der Waals surface area contributed by atoms with Crippen molar-refractivity contribution < 1.29 is 9.21 Å². The minimum Gasteiger partial charge on any atom is -0.436 e. The molecule has 0 aliphatic heterocycles. The Bertz CT molecular complexity index is 402. The summed E-state index contributed by atoms with van der Waals surface area (Å²) in [7, 11) is 0. The van der Waals surface area contributed by atoms with Crippen LogP contribution < -0.4 is 5.32 Å². The summed E-state index contributed by atoms with van der Waals surface area (Å²) in [5.41, 5.74) is 0.624. The lowest BCUT2D eigenvalue weighted by Gasteiger charge is -2.01. The van der Waals surface area contributed by atoms with Crippen LogP contribution in [0.15, 0.2) is 4.42 Å². The first-order valence-corrected chi connectivity index (χ1v) is 5.31. The fourth-order valence-electron chi connectivity index (χ4n) is 1.38. The van der Waals surface area contributed by atoms with Gasteiger partial charge in [-0.15, -0.1) is 12.3 Å². The molecule has 0 saturated heterocycles. The normalized spacial score (nSPS) is 9.81. The molecule has 0 saturated carbocycles. The van der Waals surface area contributed by atoms with Crippen molar-refractivity contribution in [2.45, 2.75) is 33.1 Å². The van der Waals surface area contributed by atoms with Gasteiger partial charge < -0.3 is 9.73 Å². The maximum Gasteiger partial charge on any atom is 0.289 e. The monoisotopic (exact) mass is 220 g/mol. The molecule has 86 valence electrons. The largest absolute Gasteiger partial charge is 0.436 e. The molecule has 0 spiro atoms. The second kappa shape index (κ2) is 5.96. The molecule has 16 heavy (non-hydrogen) atoms. The first-order chi connectivity index (χ1) is 7.65. The summed E-state index contributed by atoms with van der Waals surface area (Å²) in [6.45, 7) is 4.08. The van der Waals surface area contributed by atoms with Crippen molar-refractivity contribution in [3.05, 3.63) is 17.3 Å². The van der Waals surface area contributed by atoms with E-state index in [0.717, 1.165) is 19.3 Å². The summed E-state index contributed by atoms with van der Waals surface area (Å²) < 4.78 is 5.20. The zero-order valence-corrected chi connectivity index (χ0v) is 9.67. The predicted molar refractivity (Wildman–Crippen MR) is 61.0 cm³/mol. The second-order valence-corrected chi connectivity index (χ2v) is 3.56. The summed E-state index contributed by atoms with van der Waals surface area (Å²) >= 11 is 0. The Morgan fingerprint density at radius 2 is 2.25 bits per heavy atom. The molecule has 4 nitrogen and oxygen atoms in total. The average molecular weight is 220 g/mol. The number of aromatic nitrogens is 1. The molecule has 1 N–H and O–H groups in total. The highest BCUT2D eigenvalue weighted by molar-refractivity contribution is 5.92. The molecule has 0 radical (unpaired) electrons. The number of oxazole rings is 1. The van der Waals surface area contributed by atoms with Crippen molar-refractivity contribution in [1.82, 2.24) is 10.3 Å². The highest BCUT2D eigenvalue weighted by atomic mass is 16.4. The molecular weight excluding hydrogens is 204 g/mol. The maximum atomic E-state index is 11.6. The molecule has 1 aromatic rings. The number of amides is 1. The highest BCUT2D eigenvalue weighted by Crippen LogP contribution is 2.08. The number of unbranched alkanes of at least 4 members (excludes halogenated alkanes) is 2. The van der Waals surface area contributed by atoms with Gasteiger partial charge in [0.25, 0.3) is 5.91 Å². The third-order valence-corrected chi connectivity index (χ3v) is 2.14. The topological polar surface area (TPSA) is 55.1 Å². The summed E-state index contributed by atoms with van der Waals surface area (Å²) in [4.78, 5) is 15.7. The first kappa shape index (κ1) is 12.3. The Labute approximate surface area is 95.4 Å². The minimum absolute atomic E-state index is 0.209. The number of nitrogens with one attached hydrogen (secondary N) is 1. The van der Waals surface area contributed by atoms with Gasteiger partial charge in [-0.2, -0.15) is 0 Å². The van der Waals surface area contributed by atoms with Crippen LogP contribution in [0.3, 0.4) is 0 Å². The molecule has 1 amide bonds. The molecule has 0 aliphatic carbocycles. The Hall–Kier alpha value is -1.76. The maximum absolute atomic E-state index is 11.6. The van der Waals surface area contributed by atoms with Gasteiger partial charge in [0.2, 0.25) is 5.76 Å². The summed E-state index contributed by atoms with van der Waals surface area (Å²) in [6.07, 6.45) is 7.67. The summed E-state index contributed by atoms with van der Waals surface area (Å²) in [6, 6.07) is 0. The van der Waals surface area contributed by atoms with Crippen molar-refractivity contribution in [2.24, 2.45) is 0 Å². The fourth-order valence-corrected chi connectivity index (χ4v) is 1.38. The van der Waals surface area contributed by atoms with E-state index < -0.39 is 0 Å². The quantitative estimate of drug-likeness (QED) is 0.608. The van der Waals surface area contributed by atoms with Crippen LogP contribution in [0.25, 0.3) is 0 Å². The summed E-state index contributed by atoms with van der Waals surface area (Å²) in [5, 5.41) is 2.77. The number of hydrogen-bond acceptors (Lipinski definition) is 3. The highest BCUT2D eigenvalue weighted by Gasteiger charge is 2.14. The number of nitrogens with zero attached hydrogens (tertiary/aromatic N) is 1. The molecule has 0 aliphatic rings. The first-order valence-electron chi connectivity index (χ1n) is 5.31. The zero-order chi connectivity index (χ0) is 12.0. The van der Waals surface area contributed by atoms with Crippen molar-refractivity contribution in [3.63, 3.8) is 0 Å². The van der Waals surface area contributed by atoms with Crippen LogP contribution in [-0.2, 0) is 0 Å². The molecule has 0 bridgehead atoms. The number of carbonyl (C=O) groups excluding carboxylic acids is 1. The average Bonchev–Trinajstić information content (AvgIpc) is 2.57. The van der Waals surface area contributed by atoms with E-state index in [1.807, 2.05) is 0 Å². The minimum atomic E-state index is -0.209. The Kier molecular flexibility index (Phi) is 4.59. The van der Waals surface area contributed by atoms with Gasteiger partial charge in [-0.05, 0) is 19.8 Å². The predicted octanol–water partition coefficient (Wildman–Crippen LogP) is 1.82. The van der Waals surface area contributed by atoms with E-state index in [-0.39, 0.29) is 5.91 Å². The van der Waals surface area contributed by atoms with Crippen molar-refractivity contribution in [3.8, 4) is 12.3 Å². The lowest BCUT2D eigenvalue weighted by molar-refractivity contribution is 0.0923. The number of carbonyl (C=O) groups is 1. The molecule has 0 aromatic carbocycles. The van der Waals surface area contributed by atoms with Gasteiger partial charge in [0.1, 0.15) is 0 Å². The third kappa shape index (κ3) is 3.43. The van der Waals surface area contributed by atoms with Gasteiger partial charge in [-0.3, -0.25) is 4.79 Å². The Morgan fingerprint density at radius 3 is 2.81 bits per heavy atom. The summed E-state index contributed by atoms with van der Waals surface area (Å²) in [5.74, 6) is 3.16. The van der Waals surface area contributed by atoms with E-state index in [4.69, 9.17) is 10.8 Å². The molecule has 4 heteroatoms. The van der Waals surface area contributed by atoms with E-state index in [1.165, 1.54) is 0 Å². The lowest BCUT2D eigenvalue weighted by Crippen LogP contribution is -2.24. The second-order valence-electron chi connectivity index (χ2n) is 3.56. The molecule has 0 fully saturated rings. The van der Waals surface area contributed by atoms with Crippen LogP contribution in [0.1, 0.15) is 41.4 Å². The van der Waals surface area contributed by atoms with Gasteiger partial charge in [0, 0.05) is 19.9 Å². The molecule has 0 unspecified atom stereocenters. The van der Waals surface area contributed by atoms with Crippen molar-refractivity contribution in [2.75, 3.05) is 6.54 Å². The van der Waals surface area contributed by atoms with Crippen molar-refractivity contribution in [1.29, 1.82) is 0 Å². The van der Waals surface area contributed by atoms with Gasteiger partial charge in [0.05, 0.1) is 5.69 Å². The lowest BCUT2D eigenvalue weighted by atomic mass is 10.2. The Balaban J connectivity index is 2.36. The van der Waals surface area contributed by atoms with E-state index in [2.05, 4.69) is 16.2 Å². The third-order valence-electron chi connectivity index (χ3n) is 2.14. The number of hydrogen-bond donors (Lipinski definition) is 1. The number of rotatable bonds is 5. The van der Waals surface area contributed by atoms with E-state index in [1.54, 1.807) is 13.8 Å². The molecule has 1 aromatic heterocycles. The van der Waals surface area contributed by atoms with Gasteiger partial charge in [-0.1, -0.05) is 0 Å². The van der Waals surface area contributed by atoms with Crippen molar-refractivity contribution >= 4 is 5.91 Å². The molecule has 0 atom stereocenters. The SMILES string of the molecule is C#CCCCCNC(=O)c1oc(C)nc1C. The van der Waals surface area contributed by atoms with Gasteiger partial charge in [-0.25, -0.2) is 4.98 Å². The standard InChI is InChI=1S/C12H16N2O2/c1-4-5-6-7-8-13-12(15)11-9(2)14-10(3)16-11/h1H,5-8H2,2-3H3,(H,13,15). The smallest absolute Gasteiger partial charge is 0.289 e. The fraction of sp³-hybridized carbons (Fsp3) is 0.500. The van der Waals surface area contributed by atoms with Crippen LogP contribution >= 0.6 is 0 Å². The van der Waals surface area contributed by atoms with E-state index in [9.17, 15) is 4.79 Å².